The van der Waals surface area contributed by atoms with E-state index in [2.05, 4.69) is 0 Å². The molecule has 1 aromatic heterocycles. The van der Waals surface area contributed by atoms with Crippen LogP contribution in [0.25, 0.3) is 0 Å². The van der Waals surface area contributed by atoms with Crippen LogP contribution in [0.1, 0.15) is 23.9 Å². The van der Waals surface area contributed by atoms with Crippen molar-refractivity contribution in [3.05, 3.63) is 92.5 Å². The molecule has 0 bridgehead atoms. The Morgan fingerprint density at radius 3 is 2.42 bits per heavy atom. The summed E-state index contributed by atoms with van der Waals surface area (Å²) in [7, 11) is 1.35. The van der Waals surface area contributed by atoms with Crippen molar-refractivity contribution >= 4 is 40.7 Å². The molecule has 1 aliphatic carbocycles. The predicted molar refractivity (Wildman–Crippen MR) is 143 cm³/mol. The number of rotatable bonds is 5. The van der Waals surface area contributed by atoms with Gasteiger partial charge in [0.15, 0.2) is 9.75 Å². The number of aromatic nitrogens is 3. The summed E-state index contributed by atoms with van der Waals surface area (Å²) >= 11 is 14.5. The minimum absolute atomic E-state index is 0.0168. The smallest absolute Gasteiger partial charge is 0.347 e. The Hall–Kier alpha value is -3.67. The van der Waals surface area contributed by atoms with Gasteiger partial charge >= 0.3 is 11.4 Å². The molecule has 10 nitrogen and oxygen atoms in total. The predicted octanol–water partition coefficient (Wildman–Crippen LogP) is 2.06. The van der Waals surface area contributed by atoms with Crippen LogP contribution in [0.4, 0.5) is 10.1 Å². The lowest BCUT2D eigenvalue weighted by molar-refractivity contribution is -0.122. The number of carbonyl (C=O) groups is 2. The number of aliphatic hydroxyl groups excluding tert-OH is 1. The first-order valence-electron chi connectivity index (χ1n) is 12.5. The highest BCUT2D eigenvalue weighted by atomic mass is 35.5. The maximum Gasteiger partial charge on any atom is 0.347 e. The fourth-order valence-corrected chi connectivity index (χ4v) is 7.03. The van der Waals surface area contributed by atoms with Crippen molar-refractivity contribution in [1.82, 2.24) is 13.9 Å². The third kappa shape index (κ3) is 3.37. The number of anilines is 1. The number of benzene rings is 2. The van der Waals surface area contributed by atoms with Crippen molar-refractivity contribution in [1.29, 1.82) is 0 Å². The van der Waals surface area contributed by atoms with Gasteiger partial charge in [0.05, 0.1) is 24.9 Å². The van der Waals surface area contributed by atoms with Gasteiger partial charge in [-0.05, 0) is 35.9 Å². The fraction of sp³-hybridized carbons (Fsp3) is 0.333. The van der Waals surface area contributed by atoms with E-state index in [1.807, 2.05) is 0 Å². The van der Waals surface area contributed by atoms with E-state index in [0.717, 1.165) is 21.6 Å². The third-order valence-corrected chi connectivity index (χ3v) is 9.35. The van der Waals surface area contributed by atoms with Crippen LogP contribution >= 0.6 is 23.2 Å². The quantitative estimate of drug-likeness (QED) is 0.277. The summed E-state index contributed by atoms with van der Waals surface area (Å²) < 4.78 is 23.0. The minimum Gasteiger partial charge on any atom is -0.491 e. The highest BCUT2D eigenvalue weighted by Gasteiger charge is 2.76. The van der Waals surface area contributed by atoms with E-state index in [0.29, 0.717) is 16.9 Å². The number of alkyl halides is 2. The van der Waals surface area contributed by atoms with Gasteiger partial charge in [-0.1, -0.05) is 24.3 Å². The number of allylic oxidation sites excluding steroid dienone is 2. The van der Waals surface area contributed by atoms with Gasteiger partial charge in [0.2, 0.25) is 0 Å². The number of amides is 2. The molecule has 13 heteroatoms. The van der Waals surface area contributed by atoms with Crippen LogP contribution in [0.15, 0.2) is 69.8 Å². The molecule has 2 aliphatic heterocycles. The maximum atomic E-state index is 14.3. The van der Waals surface area contributed by atoms with Gasteiger partial charge < -0.3 is 9.84 Å². The number of nitrogens with zero attached hydrogens (tertiary/aromatic N) is 4. The number of carbonyl (C=O) groups excluding carboxylic acids is 2. The Labute approximate surface area is 236 Å². The SMILES string of the molecule is Cn1c(=O)n2n(c1=O)[C@@H]1C[C@@]3(Cl)C(=O)N(c4ccc(F)cc4)C(=O)[C@@]3(Cl)[C@@H](c3ccccc3OCCO)C1=CC2. The molecule has 4 atom stereocenters. The molecule has 3 aromatic rings. The normalized spacial score (nSPS) is 27.2. The highest BCUT2D eigenvalue weighted by molar-refractivity contribution is 6.58. The second-order valence-electron chi connectivity index (χ2n) is 9.95. The van der Waals surface area contributed by atoms with Gasteiger partial charge in [-0.3, -0.25) is 9.59 Å². The molecule has 2 amide bonds. The van der Waals surface area contributed by atoms with Gasteiger partial charge in [-0.15, -0.1) is 23.2 Å². The Kier molecular flexibility index (Phi) is 6.10. The van der Waals surface area contributed by atoms with Crippen molar-refractivity contribution < 1.29 is 23.8 Å². The average molecular weight is 589 g/mol. The summed E-state index contributed by atoms with van der Waals surface area (Å²) in [4.78, 5) is 51.1. The summed E-state index contributed by atoms with van der Waals surface area (Å²) in [6, 6.07) is 10.6. The molecule has 0 radical (unpaired) electrons. The molecule has 6 rings (SSSR count). The standard InChI is InChI=1S/C27H23Cl2FN4O6/c1-31-24(38)32-11-10-17-19(34(32)25(31)39)14-26(28)22(36)33(16-8-6-15(30)7-9-16)23(37)27(26,29)21(17)18-4-2-3-5-20(18)40-13-12-35/h2-10,19,21,35H,11-14H2,1H3/t19-,21-,26-,27+/m1/s1. The number of para-hydroxylation sites is 1. The molecule has 3 heterocycles. The summed E-state index contributed by atoms with van der Waals surface area (Å²) in [5.41, 5.74) is -0.148. The van der Waals surface area contributed by atoms with E-state index < -0.39 is 50.7 Å². The van der Waals surface area contributed by atoms with Gasteiger partial charge in [0, 0.05) is 24.9 Å². The zero-order valence-corrected chi connectivity index (χ0v) is 22.6. The van der Waals surface area contributed by atoms with Crippen molar-refractivity contribution in [2.75, 3.05) is 18.1 Å². The molecule has 1 saturated carbocycles. The van der Waals surface area contributed by atoms with E-state index in [-0.39, 0.29) is 31.9 Å². The van der Waals surface area contributed by atoms with Crippen LogP contribution in [0, 0.1) is 5.82 Å². The number of hydrogen-bond acceptors (Lipinski definition) is 6. The summed E-state index contributed by atoms with van der Waals surface area (Å²) in [6.45, 7) is -0.319. The molecule has 3 aliphatic rings. The molecule has 208 valence electrons. The van der Waals surface area contributed by atoms with Gasteiger partial charge in [0.1, 0.15) is 18.2 Å². The first-order chi connectivity index (χ1) is 19.1. The zero-order valence-electron chi connectivity index (χ0n) is 21.1. The first-order valence-corrected chi connectivity index (χ1v) is 13.2. The second kappa shape index (κ2) is 9.18. The maximum absolute atomic E-state index is 14.3. The molecule has 1 N–H and O–H groups in total. The van der Waals surface area contributed by atoms with E-state index >= 15 is 0 Å². The second-order valence-corrected chi connectivity index (χ2v) is 11.2. The van der Waals surface area contributed by atoms with Crippen molar-refractivity contribution in [3.63, 3.8) is 0 Å². The summed E-state index contributed by atoms with van der Waals surface area (Å²) in [5.74, 6) is -3.00. The number of fused-ring (bicyclic) bond motifs is 4. The Bertz CT molecular complexity index is 1710. The number of imide groups is 1. The monoisotopic (exact) mass is 588 g/mol. The van der Waals surface area contributed by atoms with E-state index in [1.165, 1.54) is 28.5 Å². The van der Waals surface area contributed by atoms with E-state index in [4.69, 9.17) is 27.9 Å². The zero-order chi connectivity index (χ0) is 28.6. The fourth-order valence-electron chi connectivity index (χ4n) is 6.12. The minimum atomic E-state index is -2.10. The molecule has 2 aromatic carbocycles. The first kappa shape index (κ1) is 26.5. The molecular formula is C27H23Cl2FN4O6. The topological polar surface area (TPSA) is 116 Å². The van der Waals surface area contributed by atoms with Crippen LogP contribution in [-0.4, -0.2) is 53.8 Å². The largest absolute Gasteiger partial charge is 0.491 e. The molecule has 0 spiro atoms. The van der Waals surface area contributed by atoms with Gasteiger partial charge in [0.25, 0.3) is 11.8 Å². The van der Waals surface area contributed by atoms with Crippen molar-refractivity contribution in [2.45, 2.75) is 34.7 Å². The Balaban J connectivity index is 1.62. The average Bonchev–Trinajstić information content (AvgIpc) is 3.26. The molecular weight excluding hydrogens is 566 g/mol. The van der Waals surface area contributed by atoms with E-state index in [1.54, 1.807) is 30.3 Å². The van der Waals surface area contributed by atoms with Crippen molar-refractivity contribution in [2.24, 2.45) is 7.05 Å². The summed E-state index contributed by atoms with van der Waals surface area (Å²) in [5, 5.41) is 9.39. The van der Waals surface area contributed by atoms with Crippen molar-refractivity contribution in [3.8, 4) is 5.75 Å². The van der Waals surface area contributed by atoms with Gasteiger partial charge in [-0.2, -0.15) is 0 Å². The number of halogens is 3. The molecule has 0 unspecified atom stereocenters. The lowest BCUT2D eigenvalue weighted by Gasteiger charge is -2.49. The van der Waals surface area contributed by atoms with Crippen LogP contribution < -0.4 is 21.0 Å². The summed E-state index contributed by atoms with van der Waals surface area (Å²) in [6.07, 6.45) is 1.45. The Morgan fingerprint density at radius 1 is 1.02 bits per heavy atom. The van der Waals surface area contributed by atoms with Gasteiger partial charge in [-0.25, -0.2) is 32.8 Å². The lowest BCUT2D eigenvalue weighted by Crippen LogP contribution is -2.59. The number of ether oxygens (including phenoxy) is 1. The molecule has 2 fully saturated rings. The van der Waals surface area contributed by atoms with Crippen LogP contribution in [0.5, 0.6) is 5.75 Å². The van der Waals surface area contributed by atoms with Crippen LogP contribution in [0.2, 0.25) is 0 Å². The van der Waals surface area contributed by atoms with Crippen LogP contribution in [-0.2, 0) is 23.2 Å². The lowest BCUT2D eigenvalue weighted by atomic mass is 9.64. The molecule has 1 saturated heterocycles. The Morgan fingerprint density at radius 2 is 1.73 bits per heavy atom. The highest BCUT2D eigenvalue weighted by Crippen LogP contribution is 2.64. The third-order valence-electron chi connectivity index (χ3n) is 7.93. The number of hydrogen-bond donors (Lipinski definition) is 1. The molecule has 40 heavy (non-hydrogen) atoms. The van der Waals surface area contributed by atoms with E-state index in [9.17, 15) is 28.7 Å². The van der Waals surface area contributed by atoms with Crippen LogP contribution in [0.3, 0.4) is 0 Å². The number of aliphatic hydroxyl groups is 1.